The van der Waals surface area contributed by atoms with E-state index in [9.17, 15) is 9.59 Å². The van der Waals surface area contributed by atoms with Crippen LogP contribution in [-0.2, 0) is 20.8 Å². The lowest BCUT2D eigenvalue weighted by Crippen LogP contribution is -2.27. The Morgan fingerprint density at radius 1 is 1.30 bits per heavy atom. The third-order valence-corrected chi connectivity index (χ3v) is 3.06. The van der Waals surface area contributed by atoms with E-state index in [1.165, 1.54) is 25.9 Å². The molecule has 7 nitrogen and oxygen atoms in total. The molecule has 0 unspecified atom stereocenters. The van der Waals surface area contributed by atoms with Gasteiger partial charge in [-0.1, -0.05) is 6.07 Å². The number of ether oxygens (including phenoxy) is 3. The fourth-order valence-corrected chi connectivity index (χ4v) is 2.06. The van der Waals surface area contributed by atoms with Crippen molar-refractivity contribution in [2.45, 2.75) is 12.8 Å². The van der Waals surface area contributed by atoms with E-state index in [1.807, 2.05) is 0 Å². The first-order chi connectivity index (χ1) is 9.62. The quantitative estimate of drug-likeness (QED) is 0.645. The fraction of sp³-hybridized carbons (Fsp3) is 0.385. The van der Waals surface area contributed by atoms with Gasteiger partial charge in [0.05, 0.1) is 30.3 Å². The van der Waals surface area contributed by atoms with Crippen LogP contribution in [0.1, 0.15) is 10.4 Å². The summed E-state index contributed by atoms with van der Waals surface area (Å²) in [5, 5.41) is 0. The highest BCUT2D eigenvalue weighted by molar-refractivity contribution is 6.02. The topological polar surface area (TPSA) is 82.6 Å². The Balaban J connectivity index is 2.61. The zero-order valence-electron chi connectivity index (χ0n) is 11.5. The average molecular weight is 280 g/mol. The maximum absolute atomic E-state index is 12.0. The molecule has 108 valence electrons. The van der Waals surface area contributed by atoms with Crippen LogP contribution in [0.25, 0.3) is 11.0 Å². The van der Waals surface area contributed by atoms with Crippen LogP contribution in [0.4, 0.5) is 0 Å². The summed E-state index contributed by atoms with van der Waals surface area (Å²) in [5.41, 5.74) is 1.01. The van der Waals surface area contributed by atoms with Crippen LogP contribution in [0.15, 0.2) is 23.0 Å². The van der Waals surface area contributed by atoms with Gasteiger partial charge in [0.2, 0.25) is 0 Å². The number of carbonyl (C=O) groups excluding carboxylic acids is 1. The van der Waals surface area contributed by atoms with Gasteiger partial charge in [0.1, 0.15) is 0 Å². The Morgan fingerprint density at radius 3 is 2.60 bits per heavy atom. The van der Waals surface area contributed by atoms with Gasteiger partial charge in [-0.25, -0.2) is 9.59 Å². The van der Waals surface area contributed by atoms with Crippen LogP contribution in [0, 0.1) is 0 Å². The monoisotopic (exact) mass is 280 g/mol. The van der Waals surface area contributed by atoms with Crippen LogP contribution < -0.4 is 5.69 Å². The van der Waals surface area contributed by atoms with Crippen molar-refractivity contribution in [2.24, 2.45) is 0 Å². The van der Waals surface area contributed by atoms with Crippen molar-refractivity contribution in [3.63, 3.8) is 0 Å². The SMILES string of the molecule is COC(=O)c1cccc2[nH]c(=O)n(CC(OC)OC)c12. The largest absolute Gasteiger partial charge is 0.465 e. The summed E-state index contributed by atoms with van der Waals surface area (Å²) >= 11 is 0. The second-order valence-electron chi connectivity index (χ2n) is 4.14. The Kier molecular flexibility index (Phi) is 4.21. The molecule has 0 atom stereocenters. The second-order valence-corrected chi connectivity index (χ2v) is 4.14. The van der Waals surface area contributed by atoms with Crippen molar-refractivity contribution < 1.29 is 19.0 Å². The number of aromatic amines is 1. The van der Waals surface area contributed by atoms with Gasteiger partial charge in [-0.15, -0.1) is 0 Å². The molecule has 1 aromatic carbocycles. The molecule has 0 bridgehead atoms. The number of aromatic nitrogens is 2. The average Bonchev–Trinajstić information content (AvgIpc) is 2.79. The van der Waals surface area contributed by atoms with Crippen LogP contribution in [-0.4, -0.2) is 43.1 Å². The molecular weight excluding hydrogens is 264 g/mol. The molecule has 0 aliphatic heterocycles. The lowest BCUT2D eigenvalue weighted by molar-refractivity contribution is -0.110. The summed E-state index contributed by atoms with van der Waals surface area (Å²) in [6, 6.07) is 5.00. The number of H-pyrrole nitrogens is 1. The van der Waals surface area contributed by atoms with Gasteiger partial charge in [0, 0.05) is 14.2 Å². The van der Waals surface area contributed by atoms with Gasteiger partial charge >= 0.3 is 11.7 Å². The smallest absolute Gasteiger partial charge is 0.340 e. The van der Waals surface area contributed by atoms with Gasteiger partial charge in [0.25, 0.3) is 0 Å². The summed E-state index contributed by atoms with van der Waals surface area (Å²) < 4.78 is 16.3. The van der Waals surface area contributed by atoms with E-state index in [4.69, 9.17) is 14.2 Å². The number of esters is 1. The standard InChI is InChI=1S/C13H16N2O5/c1-18-10(19-2)7-15-11-8(12(16)20-3)5-4-6-9(11)14-13(15)17/h4-6,10H,7H2,1-3H3,(H,14,17). The zero-order valence-corrected chi connectivity index (χ0v) is 11.5. The number of hydrogen-bond acceptors (Lipinski definition) is 5. The minimum absolute atomic E-state index is 0.167. The molecule has 0 spiro atoms. The predicted octanol–water partition coefficient (Wildman–Crippen LogP) is 0.735. The molecule has 7 heteroatoms. The highest BCUT2D eigenvalue weighted by atomic mass is 16.7. The number of benzene rings is 1. The molecular formula is C13H16N2O5. The third-order valence-electron chi connectivity index (χ3n) is 3.06. The minimum Gasteiger partial charge on any atom is -0.465 e. The van der Waals surface area contributed by atoms with E-state index in [1.54, 1.807) is 18.2 Å². The zero-order chi connectivity index (χ0) is 14.7. The Morgan fingerprint density at radius 2 is 2.00 bits per heavy atom. The number of rotatable bonds is 5. The van der Waals surface area contributed by atoms with Crippen LogP contribution >= 0.6 is 0 Å². The highest BCUT2D eigenvalue weighted by Crippen LogP contribution is 2.17. The van der Waals surface area contributed by atoms with Gasteiger partial charge < -0.3 is 19.2 Å². The number of hydrogen-bond donors (Lipinski definition) is 1. The molecule has 0 aliphatic rings. The second kappa shape index (κ2) is 5.89. The molecule has 0 fully saturated rings. The number of nitrogens with one attached hydrogen (secondary N) is 1. The lowest BCUT2D eigenvalue weighted by atomic mass is 10.2. The molecule has 0 saturated heterocycles. The van der Waals surface area contributed by atoms with Crippen molar-refractivity contribution in [1.82, 2.24) is 9.55 Å². The number of methoxy groups -OCH3 is 3. The summed E-state index contributed by atoms with van der Waals surface area (Å²) in [6.45, 7) is 0.167. The number of nitrogens with zero attached hydrogens (tertiary/aromatic N) is 1. The number of para-hydroxylation sites is 1. The summed E-state index contributed by atoms with van der Waals surface area (Å²) in [4.78, 5) is 26.5. The van der Waals surface area contributed by atoms with Crippen LogP contribution in [0.2, 0.25) is 0 Å². The van der Waals surface area contributed by atoms with E-state index < -0.39 is 12.3 Å². The van der Waals surface area contributed by atoms with Gasteiger partial charge in [-0.05, 0) is 12.1 Å². The Bertz CT molecular complexity index is 669. The molecule has 1 heterocycles. The molecule has 2 rings (SSSR count). The van der Waals surface area contributed by atoms with Crippen LogP contribution in [0.3, 0.4) is 0 Å². The van der Waals surface area contributed by atoms with Crippen molar-refractivity contribution in [1.29, 1.82) is 0 Å². The first-order valence-corrected chi connectivity index (χ1v) is 5.97. The van der Waals surface area contributed by atoms with E-state index in [0.717, 1.165) is 0 Å². The molecule has 0 aliphatic carbocycles. The summed E-state index contributed by atoms with van der Waals surface area (Å²) in [7, 11) is 4.26. The molecule has 0 amide bonds. The third kappa shape index (κ3) is 2.45. The van der Waals surface area contributed by atoms with Crippen molar-refractivity contribution in [3.05, 3.63) is 34.2 Å². The Labute approximate surface area is 115 Å². The number of carbonyl (C=O) groups is 1. The minimum atomic E-state index is -0.586. The van der Waals surface area contributed by atoms with Gasteiger partial charge in [0.15, 0.2) is 6.29 Å². The normalized spacial score (nSPS) is 11.2. The molecule has 1 aromatic heterocycles. The van der Waals surface area contributed by atoms with Gasteiger partial charge in [-0.2, -0.15) is 0 Å². The molecule has 20 heavy (non-hydrogen) atoms. The van der Waals surface area contributed by atoms with Crippen LogP contribution in [0.5, 0.6) is 0 Å². The molecule has 0 radical (unpaired) electrons. The maximum Gasteiger partial charge on any atom is 0.340 e. The lowest BCUT2D eigenvalue weighted by Gasteiger charge is -2.14. The predicted molar refractivity (Wildman–Crippen MR) is 71.7 cm³/mol. The van der Waals surface area contributed by atoms with E-state index in [2.05, 4.69) is 4.98 Å². The number of fused-ring (bicyclic) bond motifs is 1. The Hall–Kier alpha value is -2.12. The first-order valence-electron chi connectivity index (χ1n) is 5.97. The molecule has 0 saturated carbocycles. The molecule has 1 N–H and O–H groups in total. The number of imidazole rings is 1. The van der Waals surface area contributed by atoms with Gasteiger partial charge in [-0.3, -0.25) is 4.57 Å². The molecule has 2 aromatic rings. The maximum atomic E-state index is 12.0. The van der Waals surface area contributed by atoms with E-state index in [0.29, 0.717) is 16.6 Å². The first kappa shape index (κ1) is 14.3. The van der Waals surface area contributed by atoms with E-state index >= 15 is 0 Å². The van der Waals surface area contributed by atoms with Crippen molar-refractivity contribution in [3.8, 4) is 0 Å². The highest BCUT2D eigenvalue weighted by Gasteiger charge is 2.18. The summed E-state index contributed by atoms with van der Waals surface area (Å²) in [6.07, 6.45) is -0.586. The van der Waals surface area contributed by atoms with E-state index in [-0.39, 0.29) is 12.2 Å². The summed E-state index contributed by atoms with van der Waals surface area (Å²) in [5.74, 6) is -0.505. The van der Waals surface area contributed by atoms with Crippen molar-refractivity contribution >= 4 is 17.0 Å². The van der Waals surface area contributed by atoms with Crippen molar-refractivity contribution in [2.75, 3.05) is 21.3 Å². The fourth-order valence-electron chi connectivity index (χ4n) is 2.06.